The third-order valence-electron chi connectivity index (χ3n) is 1.74. The molecule has 0 saturated heterocycles. The number of halogens is 2. The Morgan fingerprint density at radius 1 is 1.08 bits per heavy atom. The second-order valence-electron chi connectivity index (χ2n) is 2.88. The molecule has 1 rings (SSSR count). The lowest BCUT2D eigenvalue weighted by Gasteiger charge is -1.99. The Hall–Kier alpha value is -0.920. The van der Waals surface area contributed by atoms with Crippen molar-refractivity contribution in [2.24, 2.45) is 0 Å². The molecule has 1 aromatic rings. The van der Waals surface area contributed by atoms with E-state index in [1.165, 1.54) is 12.1 Å². The Morgan fingerprint density at radius 2 is 1.67 bits per heavy atom. The monoisotopic (exact) mass is 170 g/mol. The smallest absolute Gasteiger partial charge is 0.126 e. The zero-order valence-corrected chi connectivity index (χ0v) is 7.11. The summed E-state index contributed by atoms with van der Waals surface area (Å²) in [6.45, 7) is 2.05. The summed E-state index contributed by atoms with van der Waals surface area (Å²) < 4.78 is 25.2. The summed E-state index contributed by atoms with van der Waals surface area (Å²) in [5.74, 6) is -0.970. The summed E-state index contributed by atoms with van der Waals surface area (Å²) in [4.78, 5) is 0. The second kappa shape index (κ2) is 4.19. The predicted molar refractivity (Wildman–Crippen MR) is 45.0 cm³/mol. The molecule has 0 saturated carbocycles. The highest BCUT2D eigenvalue weighted by atomic mass is 19.1. The molecule has 0 aliphatic rings. The van der Waals surface area contributed by atoms with Crippen molar-refractivity contribution in [2.45, 2.75) is 26.2 Å². The SMILES string of the molecule is CCCCc1cc(F)cc(F)c1. The Balaban J connectivity index is 2.72. The van der Waals surface area contributed by atoms with Crippen LogP contribution in [0.4, 0.5) is 8.78 Å². The molecule has 66 valence electrons. The summed E-state index contributed by atoms with van der Waals surface area (Å²) in [6, 6.07) is 3.67. The molecule has 0 N–H and O–H groups in total. The summed E-state index contributed by atoms with van der Waals surface area (Å²) in [7, 11) is 0. The van der Waals surface area contributed by atoms with E-state index >= 15 is 0 Å². The molecule has 0 aromatic heterocycles. The fraction of sp³-hybridized carbons (Fsp3) is 0.400. The van der Waals surface area contributed by atoms with Crippen LogP contribution in [0.5, 0.6) is 0 Å². The fourth-order valence-electron chi connectivity index (χ4n) is 1.14. The van der Waals surface area contributed by atoms with Gasteiger partial charge in [0.1, 0.15) is 11.6 Å². The van der Waals surface area contributed by atoms with Crippen LogP contribution >= 0.6 is 0 Å². The maximum absolute atomic E-state index is 12.6. The van der Waals surface area contributed by atoms with Crippen molar-refractivity contribution in [3.63, 3.8) is 0 Å². The Kier molecular flexibility index (Phi) is 3.20. The summed E-state index contributed by atoms with van der Waals surface area (Å²) >= 11 is 0. The van der Waals surface area contributed by atoms with Gasteiger partial charge in [-0.3, -0.25) is 0 Å². The third-order valence-corrected chi connectivity index (χ3v) is 1.74. The first-order chi connectivity index (χ1) is 5.72. The van der Waals surface area contributed by atoms with E-state index in [0.717, 1.165) is 30.9 Å². The lowest BCUT2D eigenvalue weighted by Crippen LogP contribution is -1.88. The highest BCUT2D eigenvalue weighted by Gasteiger charge is 1.99. The van der Waals surface area contributed by atoms with Crippen LogP contribution in [-0.2, 0) is 6.42 Å². The second-order valence-corrected chi connectivity index (χ2v) is 2.88. The van der Waals surface area contributed by atoms with Gasteiger partial charge in [0.2, 0.25) is 0 Å². The molecule has 0 amide bonds. The zero-order chi connectivity index (χ0) is 8.97. The van der Waals surface area contributed by atoms with E-state index < -0.39 is 11.6 Å². The van der Waals surface area contributed by atoms with E-state index in [1.54, 1.807) is 0 Å². The average molecular weight is 170 g/mol. The van der Waals surface area contributed by atoms with Crippen molar-refractivity contribution in [1.82, 2.24) is 0 Å². The molecule has 0 fully saturated rings. The normalized spacial score (nSPS) is 10.2. The fourth-order valence-corrected chi connectivity index (χ4v) is 1.14. The lowest BCUT2D eigenvalue weighted by atomic mass is 10.1. The Bertz CT molecular complexity index is 236. The van der Waals surface area contributed by atoms with Crippen LogP contribution in [-0.4, -0.2) is 0 Å². The first kappa shape index (κ1) is 9.17. The standard InChI is InChI=1S/C10H12F2/c1-2-3-4-8-5-9(11)7-10(12)6-8/h5-7H,2-4H2,1H3. The molecule has 0 aliphatic heterocycles. The number of hydrogen-bond acceptors (Lipinski definition) is 0. The highest BCUT2D eigenvalue weighted by Crippen LogP contribution is 2.10. The first-order valence-electron chi connectivity index (χ1n) is 4.17. The summed E-state index contributed by atoms with van der Waals surface area (Å²) in [5, 5.41) is 0. The van der Waals surface area contributed by atoms with Crippen LogP contribution in [0.25, 0.3) is 0 Å². The van der Waals surface area contributed by atoms with E-state index in [1.807, 2.05) is 0 Å². The van der Waals surface area contributed by atoms with E-state index in [9.17, 15) is 8.78 Å². The van der Waals surface area contributed by atoms with Gasteiger partial charge in [-0.15, -0.1) is 0 Å². The molecule has 0 bridgehead atoms. The van der Waals surface area contributed by atoms with E-state index in [0.29, 0.717) is 0 Å². The van der Waals surface area contributed by atoms with E-state index in [2.05, 4.69) is 6.92 Å². The molecule has 2 heteroatoms. The minimum absolute atomic E-state index is 0.485. The van der Waals surface area contributed by atoms with Crippen molar-refractivity contribution in [3.05, 3.63) is 35.4 Å². The van der Waals surface area contributed by atoms with Crippen molar-refractivity contribution in [2.75, 3.05) is 0 Å². The number of aryl methyl sites for hydroxylation is 1. The van der Waals surface area contributed by atoms with Crippen LogP contribution in [0, 0.1) is 11.6 Å². The van der Waals surface area contributed by atoms with Crippen molar-refractivity contribution in [3.8, 4) is 0 Å². The molecule has 0 aliphatic carbocycles. The minimum Gasteiger partial charge on any atom is -0.207 e. The van der Waals surface area contributed by atoms with Gasteiger partial charge in [0.15, 0.2) is 0 Å². The van der Waals surface area contributed by atoms with Gasteiger partial charge < -0.3 is 0 Å². The van der Waals surface area contributed by atoms with Crippen molar-refractivity contribution in [1.29, 1.82) is 0 Å². The Morgan fingerprint density at radius 3 is 2.17 bits per heavy atom. The Labute approximate surface area is 71.2 Å². The average Bonchev–Trinajstić information content (AvgIpc) is 1.99. The number of unbranched alkanes of at least 4 members (excludes halogenated alkanes) is 1. The van der Waals surface area contributed by atoms with Crippen molar-refractivity contribution >= 4 is 0 Å². The summed E-state index contributed by atoms with van der Waals surface area (Å²) in [5.41, 5.74) is 0.745. The van der Waals surface area contributed by atoms with Gasteiger partial charge in [0, 0.05) is 6.07 Å². The molecule has 0 spiro atoms. The zero-order valence-electron chi connectivity index (χ0n) is 7.11. The summed E-state index contributed by atoms with van der Waals surface area (Å²) in [6.07, 6.45) is 2.77. The van der Waals surface area contributed by atoms with Gasteiger partial charge in [0.05, 0.1) is 0 Å². The van der Waals surface area contributed by atoms with Gasteiger partial charge >= 0.3 is 0 Å². The van der Waals surface area contributed by atoms with Gasteiger partial charge in [-0.05, 0) is 30.5 Å². The molecule has 1 aromatic carbocycles. The lowest BCUT2D eigenvalue weighted by molar-refractivity contribution is 0.578. The van der Waals surface area contributed by atoms with E-state index in [4.69, 9.17) is 0 Å². The third kappa shape index (κ3) is 2.61. The molecule has 0 nitrogen and oxygen atoms in total. The number of rotatable bonds is 3. The van der Waals surface area contributed by atoms with Gasteiger partial charge in [-0.1, -0.05) is 13.3 Å². The molecule has 0 atom stereocenters. The van der Waals surface area contributed by atoms with Gasteiger partial charge in [0.25, 0.3) is 0 Å². The van der Waals surface area contributed by atoms with Crippen LogP contribution in [0.3, 0.4) is 0 Å². The minimum atomic E-state index is -0.485. The molecule has 0 heterocycles. The van der Waals surface area contributed by atoms with Gasteiger partial charge in [-0.25, -0.2) is 8.78 Å². The van der Waals surface area contributed by atoms with Crippen LogP contribution < -0.4 is 0 Å². The number of hydrogen-bond donors (Lipinski definition) is 0. The highest BCUT2D eigenvalue weighted by molar-refractivity contribution is 5.17. The van der Waals surface area contributed by atoms with Gasteiger partial charge in [-0.2, -0.15) is 0 Å². The topological polar surface area (TPSA) is 0 Å². The molecular formula is C10H12F2. The van der Waals surface area contributed by atoms with Crippen molar-refractivity contribution < 1.29 is 8.78 Å². The molecular weight excluding hydrogens is 158 g/mol. The first-order valence-corrected chi connectivity index (χ1v) is 4.17. The van der Waals surface area contributed by atoms with E-state index in [-0.39, 0.29) is 0 Å². The maximum Gasteiger partial charge on any atom is 0.126 e. The quantitative estimate of drug-likeness (QED) is 0.652. The molecule has 0 radical (unpaired) electrons. The predicted octanol–water partition coefficient (Wildman–Crippen LogP) is 3.31. The van der Waals surface area contributed by atoms with Crippen LogP contribution in [0.15, 0.2) is 18.2 Å². The van der Waals surface area contributed by atoms with Crippen LogP contribution in [0.1, 0.15) is 25.3 Å². The molecule has 0 unspecified atom stereocenters. The van der Waals surface area contributed by atoms with Crippen LogP contribution in [0.2, 0.25) is 0 Å². The number of benzene rings is 1. The molecule has 12 heavy (non-hydrogen) atoms. The maximum atomic E-state index is 12.6. The largest absolute Gasteiger partial charge is 0.207 e.